The Morgan fingerprint density at radius 2 is 2.18 bits per heavy atom. The Balaban J connectivity index is 2.34. The van der Waals surface area contributed by atoms with Gasteiger partial charge in [0.25, 0.3) is 0 Å². The third-order valence-corrected chi connectivity index (χ3v) is 2.13. The second-order valence-corrected chi connectivity index (χ2v) is 3.44. The van der Waals surface area contributed by atoms with Crippen molar-refractivity contribution >= 4 is 11.6 Å². The first-order valence-corrected chi connectivity index (χ1v) is 3.94. The molecular weight excluding hydrogens is 174 g/mol. The van der Waals surface area contributed by atoms with Crippen molar-refractivity contribution in [2.45, 2.75) is 30.7 Å². The molecule has 1 unspecified atom stereocenters. The van der Waals surface area contributed by atoms with Crippen LogP contribution in [0.5, 0.6) is 0 Å². The fraction of sp³-hybridized carbons (Fsp3) is 1.00. The second kappa shape index (κ2) is 3.21. The van der Waals surface area contributed by atoms with Gasteiger partial charge >= 0.3 is 5.38 Å². The summed E-state index contributed by atoms with van der Waals surface area (Å²) in [4.78, 5) is 0. The Morgan fingerprint density at radius 3 is 2.45 bits per heavy atom. The molecule has 1 saturated carbocycles. The SMILES string of the molecule is NNC(CC1CC1)C(F)(F)Cl. The lowest BCUT2D eigenvalue weighted by Gasteiger charge is -2.19. The summed E-state index contributed by atoms with van der Waals surface area (Å²) in [5.41, 5.74) is 2.03. The van der Waals surface area contributed by atoms with Crippen molar-refractivity contribution in [3.8, 4) is 0 Å². The summed E-state index contributed by atoms with van der Waals surface area (Å²) < 4.78 is 24.8. The van der Waals surface area contributed by atoms with Gasteiger partial charge in [-0.25, -0.2) is 5.43 Å². The molecule has 0 heterocycles. The van der Waals surface area contributed by atoms with E-state index >= 15 is 0 Å². The van der Waals surface area contributed by atoms with Gasteiger partial charge in [0.05, 0.1) is 6.04 Å². The molecule has 0 aromatic carbocycles. The van der Waals surface area contributed by atoms with Gasteiger partial charge in [0, 0.05) is 0 Å². The molecule has 0 bridgehead atoms. The van der Waals surface area contributed by atoms with Crippen molar-refractivity contribution in [3.63, 3.8) is 0 Å². The predicted octanol–water partition coefficient (Wildman–Crippen LogP) is 1.45. The summed E-state index contributed by atoms with van der Waals surface area (Å²) in [6, 6.07) is -1.09. The lowest BCUT2D eigenvalue weighted by molar-refractivity contribution is 0.0444. The first kappa shape index (κ1) is 9.16. The van der Waals surface area contributed by atoms with E-state index in [4.69, 9.17) is 17.4 Å². The molecule has 0 radical (unpaired) electrons. The smallest absolute Gasteiger partial charge is 0.271 e. The Morgan fingerprint density at radius 1 is 1.64 bits per heavy atom. The number of rotatable bonds is 4. The third kappa shape index (κ3) is 2.89. The fourth-order valence-corrected chi connectivity index (χ4v) is 1.14. The van der Waals surface area contributed by atoms with Crippen LogP contribution in [0.4, 0.5) is 8.78 Å². The van der Waals surface area contributed by atoms with E-state index < -0.39 is 11.4 Å². The summed E-state index contributed by atoms with van der Waals surface area (Å²) >= 11 is 4.80. The molecule has 1 fully saturated rings. The highest BCUT2D eigenvalue weighted by molar-refractivity contribution is 6.22. The van der Waals surface area contributed by atoms with Gasteiger partial charge in [-0.1, -0.05) is 12.8 Å². The average molecular weight is 185 g/mol. The molecule has 5 heteroatoms. The first-order valence-electron chi connectivity index (χ1n) is 3.57. The second-order valence-electron chi connectivity index (χ2n) is 2.94. The number of nitrogens with one attached hydrogen (secondary N) is 1. The van der Waals surface area contributed by atoms with Crippen molar-refractivity contribution in [1.82, 2.24) is 5.43 Å². The highest BCUT2D eigenvalue weighted by atomic mass is 35.5. The molecule has 3 N–H and O–H groups in total. The quantitative estimate of drug-likeness (QED) is 0.394. The Labute approximate surface area is 69.1 Å². The molecule has 1 atom stereocenters. The van der Waals surface area contributed by atoms with E-state index in [1.165, 1.54) is 0 Å². The van der Waals surface area contributed by atoms with Gasteiger partial charge in [0.1, 0.15) is 0 Å². The molecule has 1 aliphatic carbocycles. The molecular formula is C6H11ClF2N2. The molecule has 0 aromatic rings. The van der Waals surface area contributed by atoms with E-state index in [9.17, 15) is 8.78 Å². The molecule has 0 aromatic heterocycles. The van der Waals surface area contributed by atoms with E-state index in [0.717, 1.165) is 12.8 Å². The Kier molecular flexibility index (Phi) is 2.67. The van der Waals surface area contributed by atoms with Crippen LogP contribution in [-0.4, -0.2) is 11.4 Å². The molecule has 0 aliphatic heterocycles. The summed E-state index contributed by atoms with van der Waals surface area (Å²) in [6.45, 7) is 0. The summed E-state index contributed by atoms with van der Waals surface area (Å²) in [6.07, 6.45) is 2.41. The van der Waals surface area contributed by atoms with E-state index in [2.05, 4.69) is 0 Å². The summed E-state index contributed by atoms with van der Waals surface area (Å²) in [5, 5.41) is -3.22. The van der Waals surface area contributed by atoms with E-state index in [-0.39, 0.29) is 0 Å². The molecule has 11 heavy (non-hydrogen) atoms. The third-order valence-electron chi connectivity index (χ3n) is 1.86. The minimum absolute atomic E-state index is 0.368. The zero-order valence-corrected chi connectivity index (χ0v) is 6.74. The van der Waals surface area contributed by atoms with Crippen LogP contribution in [0, 0.1) is 5.92 Å². The minimum Gasteiger partial charge on any atom is -0.271 e. The van der Waals surface area contributed by atoms with Crippen LogP contribution < -0.4 is 11.3 Å². The van der Waals surface area contributed by atoms with Crippen LogP contribution in [0.1, 0.15) is 19.3 Å². The number of hydrogen-bond acceptors (Lipinski definition) is 2. The molecule has 1 aliphatic rings. The number of hydrogen-bond donors (Lipinski definition) is 2. The van der Waals surface area contributed by atoms with Gasteiger partial charge in [-0.15, -0.1) is 0 Å². The van der Waals surface area contributed by atoms with Gasteiger partial charge in [-0.2, -0.15) is 8.78 Å². The standard InChI is InChI=1S/C6H11ClF2N2/c7-6(8,9)5(11-10)3-4-1-2-4/h4-5,11H,1-3,10H2. The van der Waals surface area contributed by atoms with Crippen molar-refractivity contribution < 1.29 is 8.78 Å². The zero-order chi connectivity index (χ0) is 8.48. The predicted molar refractivity (Wildman–Crippen MR) is 39.3 cm³/mol. The van der Waals surface area contributed by atoms with Crippen molar-refractivity contribution in [2.24, 2.45) is 11.8 Å². The number of alkyl halides is 3. The van der Waals surface area contributed by atoms with Crippen molar-refractivity contribution in [3.05, 3.63) is 0 Å². The number of nitrogens with two attached hydrogens (primary N) is 1. The monoisotopic (exact) mass is 184 g/mol. The molecule has 0 amide bonds. The van der Waals surface area contributed by atoms with Crippen molar-refractivity contribution in [1.29, 1.82) is 0 Å². The first-order chi connectivity index (χ1) is 5.04. The topological polar surface area (TPSA) is 38.0 Å². The molecule has 1 rings (SSSR count). The zero-order valence-electron chi connectivity index (χ0n) is 5.99. The highest BCUT2D eigenvalue weighted by Gasteiger charge is 2.39. The van der Waals surface area contributed by atoms with Gasteiger partial charge in [-0.05, 0) is 23.9 Å². The minimum atomic E-state index is -3.22. The summed E-state index contributed by atoms with van der Waals surface area (Å²) in [7, 11) is 0. The van der Waals surface area contributed by atoms with E-state index in [0.29, 0.717) is 12.3 Å². The van der Waals surface area contributed by atoms with Crippen LogP contribution in [-0.2, 0) is 0 Å². The van der Waals surface area contributed by atoms with Crippen LogP contribution in [0.25, 0.3) is 0 Å². The average Bonchev–Trinajstić information content (AvgIpc) is 2.62. The van der Waals surface area contributed by atoms with Gasteiger partial charge < -0.3 is 0 Å². The van der Waals surface area contributed by atoms with Crippen LogP contribution in [0.2, 0.25) is 0 Å². The normalized spacial score (nSPS) is 21.8. The maximum atomic E-state index is 12.4. The maximum absolute atomic E-state index is 12.4. The molecule has 0 saturated heterocycles. The van der Waals surface area contributed by atoms with Gasteiger partial charge in [-0.3, -0.25) is 5.84 Å². The molecule has 66 valence electrons. The maximum Gasteiger partial charge on any atom is 0.338 e. The summed E-state index contributed by atoms with van der Waals surface area (Å²) in [5.74, 6) is 5.31. The van der Waals surface area contributed by atoms with Crippen LogP contribution in [0.3, 0.4) is 0 Å². The molecule has 0 spiro atoms. The Bertz CT molecular complexity index is 133. The van der Waals surface area contributed by atoms with Crippen LogP contribution in [0.15, 0.2) is 0 Å². The van der Waals surface area contributed by atoms with E-state index in [1.807, 2.05) is 5.43 Å². The van der Waals surface area contributed by atoms with Gasteiger partial charge in [0.15, 0.2) is 0 Å². The number of halogens is 3. The fourth-order valence-electron chi connectivity index (χ4n) is 0.983. The lowest BCUT2D eigenvalue weighted by Crippen LogP contribution is -2.45. The molecule has 2 nitrogen and oxygen atoms in total. The highest BCUT2D eigenvalue weighted by Crippen LogP contribution is 2.37. The van der Waals surface area contributed by atoms with Gasteiger partial charge in [0.2, 0.25) is 0 Å². The van der Waals surface area contributed by atoms with E-state index in [1.54, 1.807) is 0 Å². The largest absolute Gasteiger partial charge is 0.338 e. The number of hydrazine groups is 1. The van der Waals surface area contributed by atoms with Crippen LogP contribution >= 0.6 is 11.6 Å². The van der Waals surface area contributed by atoms with Crippen molar-refractivity contribution in [2.75, 3.05) is 0 Å². The lowest BCUT2D eigenvalue weighted by atomic mass is 10.1. The Hall–Kier alpha value is 0.0700.